The summed E-state index contributed by atoms with van der Waals surface area (Å²) >= 11 is 0. The Morgan fingerprint density at radius 1 is 1.33 bits per heavy atom. The van der Waals surface area contributed by atoms with Gasteiger partial charge in [0.25, 0.3) is 0 Å². The highest BCUT2D eigenvalue weighted by Gasteiger charge is 2.19. The average molecular weight is 215 g/mol. The van der Waals surface area contributed by atoms with Crippen LogP contribution in [0.15, 0.2) is 0 Å². The van der Waals surface area contributed by atoms with Gasteiger partial charge in [-0.15, -0.1) is 0 Å². The van der Waals surface area contributed by atoms with Crippen LogP contribution in [0.25, 0.3) is 0 Å². The van der Waals surface area contributed by atoms with Gasteiger partial charge < -0.3 is 10.4 Å². The zero-order chi connectivity index (χ0) is 11.7. The topological polar surface area (TPSA) is 32.3 Å². The third-order valence-electron chi connectivity index (χ3n) is 3.36. The van der Waals surface area contributed by atoms with Crippen molar-refractivity contribution in [3.8, 4) is 0 Å². The molecular weight excluding hydrogens is 186 g/mol. The summed E-state index contributed by atoms with van der Waals surface area (Å²) in [5.74, 6) is 0.421. The van der Waals surface area contributed by atoms with Crippen LogP contribution in [0.3, 0.4) is 0 Å². The highest BCUT2D eigenvalue weighted by atomic mass is 16.3. The molecule has 2 heteroatoms. The van der Waals surface area contributed by atoms with Crippen molar-refractivity contribution in [1.29, 1.82) is 0 Å². The Morgan fingerprint density at radius 3 is 2.47 bits per heavy atom. The SMILES string of the molecule is CCCCC(C)(CC)NCCC(C)CO. The smallest absolute Gasteiger partial charge is 0.0457 e. The van der Waals surface area contributed by atoms with Crippen LogP contribution in [0.2, 0.25) is 0 Å². The van der Waals surface area contributed by atoms with Crippen molar-refractivity contribution in [2.75, 3.05) is 13.2 Å². The standard InChI is InChI=1S/C13H29NO/c1-5-7-9-13(4,6-2)14-10-8-12(3)11-15/h12,14-15H,5-11H2,1-4H3. The molecule has 0 rings (SSSR count). The first-order valence-corrected chi connectivity index (χ1v) is 6.43. The lowest BCUT2D eigenvalue weighted by Crippen LogP contribution is -2.42. The molecule has 2 N–H and O–H groups in total. The molecule has 15 heavy (non-hydrogen) atoms. The van der Waals surface area contributed by atoms with Crippen LogP contribution in [-0.4, -0.2) is 23.8 Å². The minimum atomic E-state index is 0.297. The van der Waals surface area contributed by atoms with Crippen molar-refractivity contribution in [3.05, 3.63) is 0 Å². The van der Waals surface area contributed by atoms with E-state index >= 15 is 0 Å². The van der Waals surface area contributed by atoms with Crippen LogP contribution in [0.5, 0.6) is 0 Å². The van der Waals surface area contributed by atoms with E-state index in [0.29, 0.717) is 18.1 Å². The summed E-state index contributed by atoms with van der Waals surface area (Å²) in [7, 11) is 0. The molecule has 0 aromatic rings. The van der Waals surface area contributed by atoms with E-state index in [1.165, 1.54) is 25.7 Å². The predicted octanol–water partition coefficient (Wildman–Crippen LogP) is 2.95. The van der Waals surface area contributed by atoms with Crippen LogP contribution < -0.4 is 5.32 Å². The molecule has 0 spiro atoms. The first-order chi connectivity index (χ1) is 7.08. The van der Waals surface area contributed by atoms with Gasteiger partial charge in [0.2, 0.25) is 0 Å². The number of nitrogens with one attached hydrogen (secondary N) is 1. The van der Waals surface area contributed by atoms with Gasteiger partial charge in [0.15, 0.2) is 0 Å². The number of rotatable bonds is 9. The summed E-state index contributed by atoms with van der Waals surface area (Å²) in [5, 5.41) is 12.6. The van der Waals surface area contributed by atoms with Crippen LogP contribution in [0.4, 0.5) is 0 Å². The van der Waals surface area contributed by atoms with Gasteiger partial charge in [0.1, 0.15) is 0 Å². The molecule has 0 fully saturated rings. The molecule has 0 saturated carbocycles. The van der Waals surface area contributed by atoms with E-state index in [1.807, 2.05) is 0 Å². The molecule has 0 aliphatic heterocycles. The molecule has 0 radical (unpaired) electrons. The van der Waals surface area contributed by atoms with Gasteiger partial charge in [-0.05, 0) is 38.6 Å². The quantitative estimate of drug-likeness (QED) is 0.620. The van der Waals surface area contributed by atoms with Crippen molar-refractivity contribution in [3.63, 3.8) is 0 Å². The van der Waals surface area contributed by atoms with E-state index in [1.54, 1.807) is 0 Å². The van der Waals surface area contributed by atoms with Crippen LogP contribution in [0.1, 0.15) is 59.8 Å². The fourth-order valence-corrected chi connectivity index (χ4v) is 1.67. The third-order valence-corrected chi connectivity index (χ3v) is 3.36. The summed E-state index contributed by atoms with van der Waals surface area (Å²) < 4.78 is 0. The highest BCUT2D eigenvalue weighted by molar-refractivity contribution is 4.81. The Morgan fingerprint density at radius 2 is 2.00 bits per heavy atom. The van der Waals surface area contributed by atoms with E-state index in [9.17, 15) is 0 Å². The molecule has 0 bridgehead atoms. The molecule has 0 aromatic carbocycles. The van der Waals surface area contributed by atoms with Gasteiger partial charge in [-0.1, -0.05) is 33.6 Å². The van der Waals surface area contributed by atoms with Gasteiger partial charge in [-0.2, -0.15) is 0 Å². The number of aliphatic hydroxyl groups excluding tert-OH is 1. The summed E-state index contributed by atoms with van der Waals surface area (Å²) in [6.45, 7) is 10.2. The number of aliphatic hydroxyl groups is 1. The van der Waals surface area contributed by atoms with E-state index in [2.05, 4.69) is 33.0 Å². The molecule has 2 atom stereocenters. The Kier molecular flexibility index (Phi) is 8.07. The molecule has 0 aliphatic carbocycles. The maximum absolute atomic E-state index is 8.94. The van der Waals surface area contributed by atoms with Gasteiger partial charge in [0.05, 0.1) is 0 Å². The van der Waals surface area contributed by atoms with Gasteiger partial charge >= 0.3 is 0 Å². The lowest BCUT2D eigenvalue weighted by atomic mass is 9.91. The largest absolute Gasteiger partial charge is 0.396 e. The summed E-state index contributed by atoms with van der Waals surface area (Å²) in [4.78, 5) is 0. The first-order valence-electron chi connectivity index (χ1n) is 6.43. The molecule has 0 heterocycles. The van der Waals surface area contributed by atoms with Gasteiger partial charge in [-0.25, -0.2) is 0 Å². The normalized spacial score (nSPS) is 17.4. The van der Waals surface area contributed by atoms with Crippen molar-refractivity contribution in [1.82, 2.24) is 5.32 Å². The van der Waals surface area contributed by atoms with Crippen molar-refractivity contribution >= 4 is 0 Å². The highest BCUT2D eigenvalue weighted by Crippen LogP contribution is 2.17. The summed E-state index contributed by atoms with van der Waals surface area (Å²) in [5.41, 5.74) is 0.297. The van der Waals surface area contributed by atoms with E-state index < -0.39 is 0 Å². The van der Waals surface area contributed by atoms with Crippen LogP contribution in [-0.2, 0) is 0 Å². The molecule has 2 nitrogen and oxygen atoms in total. The second-order valence-electron chi connectivity index (χ2n) is 5.02. The molecule has 0 aromatic heterocycles. The number of hydrogen-bond acceptors (Lipinski definition) is 2. The minimum Gasteiger partial charge on any atom is -0.396 e. The molecule has 2 unspecified atom stereocenters. The van der Waals surface area contributed by atoms with E-state index in [-0.39, 0.29) is 0 Å². The van der Waals surface area contributed by atoms with Crippen LogP contribution in [0, 0.1) is 5.92 Å². The Labute approximate surface area is 95.5 Å². The minimum absolute atomic E-state index is 0.297. The Hall–Kier alpha value is -0.0800. The second-order valence-corrected chi connectivity index (χ2v) is 5.02. The molecule has 0 amide bonds. The average Bonchev–Trinajstić information content (AvgIpc) is 2.26. The Balaban J connectivity index is 3.76. The lowest BCUT2D eigenvalue weighted by Gasteiger charge is -2.30. The predicted molar refractivity (Wildman–Crippen MR) is 67.1 cm³/mol. The van der Waals surface area contributed by atoms with E-state index in [4.69, 9.17) is 5.11 Å². The van der Waals surface area contributed by atoms with Crippen molar-refractivity contribution in [2.45, 2.75) is 65.3 Å². The molecule has 92 valence electrons. The Bertz CT molecular complexity index is 149. The number of hydrogen-bond donors (Lipinski definition) is 2. The third kappa shape index (κ3) is 6.91. The first kappa shape index (κ1) is 14.9. The second kappa shape index (κ2) is 8.12. The van der Waals surface area contributed by atoms with E-state index in [0.717, 1.165) is 13.0 Å². The van der Waals surface area contributed by atoms with Crippen molar-refractivity contribution < 1.29 is 5.11 Å². The number of unbranched alkanes of at least 4 members (excludes halogenated alkanes) is 1. The maximum atomic E-state index is 8.94. The van der Waals surface area contributed by atoms with Gasteiger partial charge in [0, 0.05) is 12.1 Å². The molecule has 0 aliphatic rings. The van der Waals surface area contributed by atoms with Crippen molar-refractivity contribution in [2.24, 2.45) is 5.92 Å². The lowest BCUT2D eigenvalue weighted by molar-refractivity contribution is 0.221. The van der Waals surface area contributed by atoms with Crippen LogP contribution >= 0.6 is 0 Å². The zero-order valence-electron chi connectivity index (χ0n) is 11.0. The maximum Gasteiger partial charge on any atom is 0.0457 e. The zero-order valence-corrected chi connectivity index (χ0v) is 11.0. The fourth-order valence-electron chi connectivity index (χ4n) is 1.67. The summed E-state index contributed by atoms with van der Waals surface area (Å²) in [6, 6.07) is 0. The molecule has 0 saturated heterocycles. The van der Waals surface area contributed by atoms with Gasteiger partial charge in [-0.3, -0.25) is 0 Å². The molecular formula is C13H29NO. The monoisotopic (exact) mass is 215 g/mol. The summed E-state index contributed by atoms with van der Waals surface area (Å²) in [6.07, 6.45) is 6.07. The fraction of sp³-hybridized carbons (Fsp3) is 1.00.